The van der Waals surface area contributed by atoms with Crippen LogP contribution in [0.2, 0.25) is 0 Å². The molecule has 0 radical (unpaired) electrons. The zero-order valence-electron chi connectivity index (χ0n) is 9.12. The van der Waals surface area contributed by atoms with Crippen LogP contribution in [0.3, 0.4) is 0 Å². The summed E-state index contributed by atoms with van der Waals surface area (Å²) < 4.78 is 31.0. The third-order valence-electron chi connectivity index (χ3n) is 2.53. The normalized spacial score (nSPS) is 18.2. The molecule has 6 nitrogen and oxygen atoms in total. The van der Waals surface area contributed by atoms with Crippen molar-refractivity contribution in [1.82, 2.24) is 0 Å². The fraction of sp³-hybridized carbons (Fsp3) is 0.333. The quantitative estimate of drug-likeness (QED) is 0.529. The average Bonchev–Trinajstić information content (AvgIpc) is 2.44. The molecule has 17 heavy (non-hydrogen) atoms. The molecule has 1 heterocycles. The monoisotopic (exact) mass is 275 g/mol. The second-order valence-electron chi connectivity index (χ2n) is 3.70. The maximum atomic E-state index is 11.0. The lowest BCUT2D eigenvalue weighted by Gasteiger charge is -2.30. The van der Waals surface area contributed by atoms with Gasteiger partial charge in [0.1, 0.15) is 0 Å². The van der Waals surface area contributed by atoms with E-state index in [1.807, 2.05) is 6.92 Å². The Bertz CT molecular complexity index is 557. The van der Waals surface area contributed by atoms with E-state index in [-0.39, 0.29) is 4.90 Å². The number of rotatable bonds is 2. The summed E-state index contributed by atoms with van der Waals surface area (Å²) in [5, 5.41) is -1.09. The summed E-state index contributed by atoms with van der Waals surface area (Å²) >= 11 is 1.16. The molecule has 0 aliphatic carbocycles. The zero-order valence-corrected chi connectivity index (χ0v) is 10.8. The molecule has 0 amide bonds. The third-order valence-corrected chi connectivity index (χ3v) is 4.48. The summed E-state index contributed by atoms with van der Waals surface area (Å²) in [7, 11) is -4.20. The van der Waals surface area contributed by atoms with E-state index in [1.165, 1.54) is 12.1 Å². The highest BCUT2D eigenvalue weighted by Crippen LogP contribution is 2.45. The van der Waals surface area contributed by atoms with E-state index in [1.54, 1.807) is 11.0 Å². The number of benzene rings is 1. The van der Waals surface area contributed by atoms with E-state index in [0.717, 1.165) is 17.4 Å². The number of hydrogen-bond acceptors (Lipinski definition) is 6. The molecule has 1 aromatic carbocycles. The van der Waals surface area contributed by atoms with Crippen molar-refractivity contribution in [1.29, 1.82) is 0 Å². The smallest absolute Gasteiger partial charge is 0.294 e. The Labute approximate surface area is 104 Å². The second-order valence-corrected chi connectivity index (χ2v) is 6.42. The van der Waals surface area contributed by atoms with Crippen molar-refractivity contribution in [2.75, 3.05) is 11.4 Å². The van der Waals surface area contributed by atoms with E-state index in [9.17, 15) is 8.42 Å². The van der Waals surface area contributed by atoms with Gasteiger partial charge in [0.2, 0.25) is 0 Å². The first-order valence-corrected chi connectivity index (χ1v) is 7.17. The predicted octanol–water partition coefficient (Wildman–Crippen LogP) is 0.394. The van der Waals surface area contributed by atoms with Gasteiger partial charge in [-0.2, -0.15) is 8.42 Å². The van der Waals surface area contributed by atoms with Crippen molar-refractivity contribution in [3.8, 4) is 0 Å². The highest BCUT2D eigenvalue weighted by atomic mass is 32.2. The number of hydrogen-bond donors (Lipinski definition) is 3. The molecule has 0 unspecified atom stereocenters. The van der Waals surface area contributed by atoms with Gasteiger partial charge in [-0.15, -0.1) is 0 Å². The molecular weight excluding hydrogens is 262 g/mol. The van der Waals surface area contributed by atoms with Gasteiger partial charge in [0, 0.05) is 11.4 Å². The summed E-state index contributed by atoms with van der Waals surface area (Å²) in [6.45, 7) is 2.51. The van der Waals surface area contributed by atoms with Crippen LogP contribution in [0.15, 0.2) is 28.0 Å². The Hall–Kier alpha value is -0.800. The molecule has 0 spiro atoms. The van der Waals surface area contributed by atoms with E-state index in [0.29, 0.717) is 11.4 Å². The Morgan fingerprint density at radius 2 is 2.12 bits per heavy atom. The Kier molecular flexibility index (Phi) is 2.87. The van der Waals surface area contributed by atoms with Crippen LogP contribution in [-0.2, 0) is 10.1 Å². The van der Waals surface area contributed by atoms with Crippen LogP contribution < -0.4 is 16.4 Å². The third kappa shape index (κ3) is 2.14. The standard InChI is InChI=1S/C9H13N3O3S2/c1-2-12-7-4-3-6(17(13,14)15)5-8(7)16-9(12,10)11/h3-5H,2,10-11H2,1H3,(H,13,14,15). The minimum Gasteiger partial charge on any atom is -0.332 e. The zero-order chi connectivity index (χ0) is 12.8. The van der Waals surface area contributed by atoms with Crippen molar-refractivity contribution in [3.63, 3.8) is 0 Å². The summed E-state index contributed by atoms with van der Waals surface area (Å²) in [6, 6.07) is 4.30. The predicted molar refractivity (Wildman–Crippen MR) is 66.2 cm³/mol. The molecular formula is C9H13N3O3S2. The van der Waals surface area contributed by atoms with Gasteiger partial charge in [-0.25, -0.2) is 0 Å². The first kappa shape index (κ1) is 12.7. The van der Waals surface area contributed by atoms with E-state index in [4.69, 9.17) is 16.0 Å². The van der Waals surface area contributed by atoms with Gasteiger partial charge >= 0.3 is 0 Å². The molecule has 0 fully saturated rings. The van der Waals surface area contributed by atoms with Gasteiger partial charge in [-0.3, -0.25) is 16.0 Å². The molecule has 0 saturated heterocycles. The number of nitrogens with two attached hydrogens (primary N) is 2. The first-order chi connectivity index (χ1) is 7.75. The first-order valence-electron chi connectivity index (χ1n) is 4.91. The van der Waals surface area contributed by atoms with Gasteiger partial charge in [0.05, 0.1) is 10.6 Å². The lowest BCUT2D eigenvalue weighted by Crippen LogP contribution is -2.58. The minimum absolute atomic E-state index is 0.155. The van der Waals surface area contributed by atoms with E-state index >= 15 is 0 Å². The Morgan fingerprint density at radius 1 is 1.47 bits per heavy atom. The second kappa shape index (κ2) is 3.85. The molecule has 0 saturated carbocycles. The molecule has 2 rings (SSSR count). The van der Waals surface area contributed by atoms with Gasteiger partial charge in [-0.1, -0.05) is 11.8 Å². The fourth-order valence-corrected chi connectivity index (χ4v) is 3.54. The molecule has 1 aliphatic heterocycles. The molecule has 94 valence electrons. The topological polar surface area (TPSA) is 110 Å². The highest BCUT2D eigenvalue weighted by molar-refractivity contribution is 8.01. The highest BCUT2D eigenvalue weighted by Gasteiger charge is 2.37. The van der Waals surface area contributed by atoms with E-state index in [2.05, 4.69) is 0 Å². The fourth-order valence-electron chi connectivity index (χ4n) is 1.80. The van der Waals surface area contributed by atoms with Crippen LogP contribution in [0.5, 0.6) is 0 Å². The average molecular weight is 275 g/mol. The van der Waals surface area contributed by atoms with Crippen molar-refractivity contribution >= 4 is 27.6 Å². The van der Waals surface area contributed by atoms with Crippen molar-refractivity contribution in [3.05, 3.63) is 18.2 Å². The van der Waals surface area contributed by atoms with Crippen LogP contribution >= 0.6 is 11.8 Å². The van der Waals surface area contributed by atoms with Crippen molar-refractivity contribution in [2.24, 2.45) is 11.5 Å². The van der Waals surface area contributed by atoms with Gasteiger partial charge in [0.15, 0.2) is 5.12 Å². The number of anilines is 1. The molecule has 1 aromatic rings. The largest absolute Gasteiger partial charge is 0.332 e. The van der Waals surface area contributed by atoms with Gasteiger partial charge in [-0.05, 0) is 25.1 Å². The lowest BCUT2D eigenvalue weighted by atomic mass is 10.3. The van der Waals surface area contributed by atoms with Crippen LogP contribution in [0, 0.1) is 0 Å². The number of thioether (sulfide) groups is 1. The lowest BCUT2D eigenvalue weighted by molar-refractivity contribution is 0.483. The van der Waals surface area contributed by atoms with Crippen molar-refractivity contribution in [2.45, 2.75) is 21.8 Å². The summed E-state index contributed by atoms with van der Waals surface area (Å²) in [5.41, 5.74) is 12.6. The molecule has 8 heteroatoms. The summed E-state index contributed by atoms with van der Waals surface area (Å²) in [5.74, 6) is 0. The molecule has 0 atom stereocenters. The van der Waals surface area contributed by atoms with Gasteiger partial charge < -0.3 is 4.90 Å². The van der Waals surface area contributed by atoms with Crippen LogP contribution in [0.4, 0.5) is 5.69 Å². The SMILES string of the molecule is CCN1c2ccc(S(=O)(=O)O)cc2SC1(N)N. The maximum Gasteiger partial charge on any atom is 0.294 e. The molecule has 5 N–H and O–H groups in total. The summed E-state index contributed by atoms with van der Waals surface area (Å²) in [6.07, 6.45) is 0. The summed E-state index contributed by atoms with van der Waals surface area (Å²) in [4.78, 5) is 2.25. The molecule has 1 aliphatic rings. The molecule has 0 bridgehead atoms. The maximum absolute atomic E-state index is 11.0. The number of nitrogens with zero attached hydrogens (tertiary/aromatic N) is 1. The van der Waals surface area contributed by atoms with Crippen molar-refractivity contribution < 1.29 is 13.0 Å². The van der Waals surface area contributed by atoms with Crippen LogP contribution in [0.1, 0.15) is 6.92 Å². The van der Waals surface area contributed by atoms with E-state index < -0.39 is 15.2 Å². The minimum atomic E-state index is -4.20. The van der Waals surface area contributed by atoms with Crippen LogP contribution in [-0.4, -0.2) is 24.6 Å². The Balaban J connectivity index is 2.53. The Morgan fingerprint density at radius 3 is 2.65 bits per heavy atom. The van der Waals surface area contributed by atoms with Gasteiger partial charge in [0.25, 0.3) is 10.1 Å². The number of fused-ring (bicyclic) bond motifs is 1. The molecule has 0 aromatic heterocycles. The van der Waals surface area contributed by atoms with Crippen LogP contribution in [0.25, 0.3) is 0 Å².